The van der Waals surface area contributed by atoms with Gasteiger partial charge in [0.05, 0.1) is 24.3 Å². The van der Waals surface area contributed by atoms with E-state index in [1.54, 1.807) is 33.5 Å². The highest BCUT2D eigenvalue weighted by atomic mass is 28.4. The van der Waals surface area contributed by atoms with Gasteiger partial charge in [-0.05, 0) is 24.1 Å². The lowest BCUT2D eigenvalue weighted by Crippen LogP contribution is -2.43. The summed E-state index contributed by atoms with van der Waals surface area (Å²) in [5.74, 6) is -0.727. The zero-order chi connectivity index (χ0) is 17.0. The predicted molar refractivity (Wildman–Crippen MR) is 84.2 cm³/mol. The van der Waals surface area contributed by atoms with Crippen LogP contribution in [0.3, 0.4) is 0 Å². The van der Waals surface area contributed by atoms with E-state index in [0.29, 0.717) is 23.6 Å². The third kappa shape index (κ3) is 3.36. The fraction of sp³-hybridized carbons (Fsp3) is 0.467. The van der Waals surface area contributed by atoms with Crippen LogP contribution in [0, 0.1) is 0 Å². The van der Waals surface area contributed by atoms with Crippen LogP contribution in [0.4, 0.5) is 0 Å². The van der Waals surface area contributed by atoms with Gasteiger partial charge in [-0.25, -0.2) is 0 Å². The first-order chi connectivity index (χ1) is 11.0. The summed E-state index contributed by atoms with van der Waals surface area (Å²) in [4.78, 5) is 25.4. The number of aryl methyl sites for hydroxylation is 1. The molecule has 0 saturated carbocycles. The summed E-state index contributed by atoms with van der Waals surface area (Å²) in [7, 11) is 1.98. The van der Waals surface area contributed by atoms with E-state index in [0.717, 1.165) is 10.5 Å². The number of rotatable bonds is 8. The Morgan fingerprint density at radius 1 is 1.04 bits per heavy atom. The van der Waals surface area contributed by atoms with E-state index in [1.807, 2.05) is 6.07 Å². The van der Waals surface area contributed by atoms with E-state index in [2.05, 4.69) is 0 Å². The molecule has 7 nitrogen and oxygen atoms in total. The number of carbonyl (C=O) groups is 2. The number of aliphatic hydroxyl groups excluding tert-OH is 1. The maximum atomic E-state index is 12.2. The number of imide groups is 1. The monoisotopic (exact) mass is 339 g/mol. The molecular formula is C15H21NO6Si. The summed E-state index contributed by atoms with van der Waals surface area (Å²) in [6.45, 7) is -0.239. The molecule has 0 aromatic heterocycles. The highest BCUT2D eigenvalue weighted by molar-refractivity contribution is 6.60. The van der Waals surface area contributed by atoms with Gasteiger partial charge in [0.1, 0.15) is 0 Å². The summed E-state index contributed by atoms with van der Waals surface area (Å²) in [6, 6.07) is 5.75. The molecule has 1 aromatic carbocycles. The molecule has 2 amide bonds. The minimum absolute atomic E-state index is 0.00866. The summed E-state index contributed by atoms with van der Waals surface area (Å²) in [6.07, 6.45) is 0.608. The van der Waals surface area contributed by atoms with Crippen molar-refractivity contribution in [1.29, 1.82) is 0 Å². The first-order valence-corrected chi connectivity index (χ1v) is 9.20. The van der Waals surface area contributed by atoms with Gasteiger partial charge < -0.3 is 18.4 Å². The maximum Gasteiger partial charge on any atom is 0.500 e. The van der Waals surface area contributed by atoms with Crippen LogP contribution in [0.15, 0.2) is 18.2 Å². The first-order valence-electron chi connectivity index (χ1n) is 7.27. The Hall–Kier alpha value is -1.58. The van der Waals surface area contributed by atoms with Crippen molar-refractivity contribution in [3.63, 3.8) is 0 Å². The van der Waals surface area contributed by atoms with E-state index in [1.165, 1.54) is 0 Å². The van der Waals surface area contributed by atoms with Gasteiger partial charge in [0.2, 0.25) is 0 Å². The molecule has 1 N–H and O–H groups in total. The van der Waals surface area contributed by atoms with Crippen LogP contribution in [0.25, 0.3) is 0 Å². The average molecular weight is 339 g/mol. The second kappa shape index (κ2) is 7.32. The van der Waals surface area contributed by atoms with Gasteiger partial charge in [0, 0.05) is 27.4 Å². The standard InChI is InChI=1S/C15H21NO6Si/c1-20-23(21-2,22-3)9-6-11-4-5-12-13(10-11)15(19)16(7-8-17)14(12)18/h4-5,10,17H,6-9H2,1-3H3. The van der Waals surface area contributed by atoms with Crippen molar-refractivity contribution in [2.45, 2.75) is 12.5 Å². The van der Waals surface area contributed by atoms with Crippen molar-refractivity contribution in [2.24, 2.45) is 0 Å². The molecule has 0 aliphatic carbocycles. The van der Waals surface area contributed by atoms with E-state index in [-0.39, 0.29) is 25.0 Å². The molecular weight excluding hydrogens is 318 g/mol. The lowest BCUT2D eigenvalue weighted by atomic mass is 10.0. The number of β-amino-alcohol motifs (C(OH)–C–C–N with tert-alkyl or cyclic N) is 1. The number of nitrogens with zero attached hydrogens (tertiary/aromatic N) is 1. The van der Waals surface area contributed by atoms with E-state index < -0.39 is 8.80 Å². The molecule has 126 valence electrons. The number of hydrogen-bond acceptors (Lipinski definition) is 6. The lowest BCUT2D eigenvalue weighted by Gasteiger charge is -2.24. The Kier molecular flexibility index (Phi) is 5.66. The van der Waals surface area contributed by atoms with Gasteiger partial charge in [-0.15, -0.1) is 0 Å². The summed E-state index contributed by atoms with van der Waals surface area (Å²) in [5.41, 5.74) is 1.65. The molecule has 8 heteroatoms. The van der Waals surface area contributed by atoms with Gasteiger partial charge in [-0.3, -0.25) is 14.5 Å². The quantitative estimate of drug-likeness (QED) is 0.554. The minimum Gasteiger partial charge on any atom is -0.395 e. The molecule has 1 aliphatic heterocycles. The van der Waals surface area contributed by atoms with Crippen molar-refractivity contribution < 1.29 is 28.0 Å². The van der Waals surface area contributed by atoms with Gasteiger partial charge in [-0.2, -0.15) is 0 Å². The maximum absolute atomic E-state index is 12.2. The molecule has 1 heterocycles. The number of benzene rings is 1. The normalized spacial score (nSPS) is 14.5. The summed E-state index contributed by atoms with van der Waals surface area (Å²) in [5, 5.41) is 8.97. The second-order valence-corrected chi connectivity index (χ2v) is 8.25. The Bertz CT molecular complexity index is 593. The molecule has 0 fully saturated rings. The topological polar surface area (TPSA) is 85.3 Å². The molecule has 1 aromatic rings. The van der Waals surface area contributed by atoms with Crippen molar-refractivity contribution in [3.8, 4) is 0 Å². The van der Waals surface area contributed by atoms with Crippen LogP contribution >= 0.6 is 0 Å². The molecule has 0 unspecified atom stereocenters. The van der Waals surface area contributed by atoms with Gasteiger partial charge in [0.15, 0.2) is 0 Å². The molecule has 0 bridgehead atoms. The summed E-state index contributed by atoms with van der Waals surface area (Å²) < 4.78 is 16.1. The number of amides is 2. The Morgan fingerprint density at radius 2 is 1.65 bits per heavy atom. The first kappa shape index (κ1) is 17.8. The van der Waals surface area contributed by atoms with Crippen LogP contribution in [0.5, 0.6) is 0 Å². The predicted octanol–water partition coefficient (Wildman–Crippen LogP) is 0.695. The Morgan fingerprint density at radius 3 is 2.22 bits per heavy atom. The molecule has 23 heavy (non-hydrogen) atoms. The SMILES string of the molecule is CO[Si](CCc1ccc2c(c1)C(=O)N(CCO)C2=O)(OC)OC. The van der Waals surface area contributed by atoms with Crippen molar-refractivity contribution >= 4 is 20.6 Å². The lowest BCUT2D eigenvalue weighted by molar-refractivity contribution is 0.0624. The molecule has 0 spiro atoms. The van der Waals surface area contributed by atoms with Gasteiger partial charge in [0.25, 0.3) is 11.8 Å². The smallest absolute Gasteiger partial charge is 0.395 e. The third-order valence-corrected chi connectivity index (χ3v) is 6.74. The molecule has 0 saturated heterocycles. The van der Waals surface area contributed by atoms with Crippen LogP contribution in [-0.4, -0.2) is 65.1 Å². The third-order valence-electron chi connectivity index (χ3n) is 4.01. The Balaban J connectivity index is 2.17. The second-order valence-electron chi connectivity index (χ2n) is 5.16. The number of carbonyl (C=O) groups excluding carboxylic acids is 2. The fourth-order valence-corrected chi connectivity index (χ4v) is 4.36. The van der Waals surface area contributed by atoms with Crippen molar-refractivity contribution in [1.82, 2.24) is 4.90 Å². The zero-order valence-corrected chi connectivity index (χ0v) is 14.5. The zero-order valence-electron chi connectivity index (χ0n) is 13.5. The molecule has 0 radical (unpaired) electrons. The largest absolute Gasteiger partial charge is 0.500 e. The number of hydrogen-bond donors (Lipinski definition) is 1. The molecule has 0 atom stereocenters. The fourth-order valence-electron chi connectivity index (χ4n) is 2.65. The van der Waals surface area contributed by atoms with Crippen LogP contribution < -0.4 is 0 Å². The number of fused-ring (bicyclic) bond motifs is 1. The van der Waals surface area contributed by atoms with Crippen molar-refractivity contribution in [2.75, 3.05) is 34.5 Å². The summed E-state index contributed by atoms with van der Waals surface area (Å²) >= 11 is 0. The van der Waals surface area contributed by atoms with Crippen molar-refractivity contribution in [3.05, 3.63) is 34.9 Å². The van der Waals surface area contributed by atoms with E-state index in [9.17, 15) is 9.59 Å². The Labute approximate surface area is 136 Å². The average Bonchev–Trinajstić information content (AvgIpc) is 2.82. The van der Waals surface area contributed by atoms with Gasteiger partial charge >= 0.3 is 8.80 Å². The van der Waals surface area contributed by atoms with Crippen LogP contribution in [-0.2, 0) is 19.7 Å². The molecule has 1 aliphatic rings. The van der Waals surface area contributed by atoms with Crippen LogP contribution in [0.1, 0.15) is 26.3 Å². The van der Waals surface area contributed by atoms with E-state index >= 15 is 0 Å². The van der Waals surface area contributed by atoms with E-state index in [4.69, 9.17) is 18.4 Å². The highest BCUT2D eigenvalue weighted by Gasteiger charge is 2.38. The highest BCUT2D eigenvalue weighted by Crippen LogP contribution is 2.25. The molecule has 2 rings (SSSR count). The number of aliphatic hydroxyl groups is 1. The van der Waals surface area contributed by atoms with Crippen LogP contribution in [0.2, 0.25) is 6.04 Å². The van der Waals surface area contributed by atoms with Gasteiger partial charge in [-0.1, -0.05) is 6.07 Å². The minimum atomic E-state index is -2.68.